The van der Waals surface area contributed by atoms with E-state index < -0.39 is 44.8 Å². The molecule has 0 unspecified atom stereocenters. The second-order valence-corrected chi connectivity index (χ2v) is 10.1. The van der Waals surface area contributed by atoms with Gasteiger partial charge in [-0.1, -0.05) is 72.8 Å². The van der Waals surface area contributed by atoms with Gasteiger partial charge in [-0.25, -0.2) is 12.8 Å². The number of anilines is 1. The third kappa shape index (κ3) is 6.58. The van der Waals surface area contributed by atoms with Gasteiger partial charge in [-0.2, -0.15) is 4.72 Å². The standard InChI is InChI=1S/C28H25FN2O5S/c1-19(27(32)30-23-16-15-21-11-5-6-12-22(21)18-23)36-28(33)25(17-20-9-3-2-4-10-20)31-37(34,35)26-14-8-7-13-24(26)29/h2-16,18-19,25,31H,17H2,1H3,(H,30,32)/t19-,25+/m0/s1. The van der Waals surface area contributed by atoms with Crippen LogP contribution in [0.1, 0.15) is 12.5 Å². The summed E-state index contributed by atoms with van der Waals surface area (Å²) in [5.41, 5.74) is 1.17. The van der Waals surface area contributed by atoms with Crippen LogP contribution in [0.25, 0.3) is 10.8 Å². The zero-order chi connectivity index (χ0) is 26.4. The minimum Gasteiger partial charge on any atom is -0.451 e. The molecule has 0 bridgehead atoms. The molecule has 7 nitrogen and oxygen atoms in total. The smallest absolute Gasteiger partial charge is 0.325 e. The van der Waals surface area contributed by atoms with E-state index in [1.165, 1.54) is 19.1 Å². The Morgan fingerprint density at radius 2 is 1.51 bits per heavy atom. The summed E-state index contributed by atoms with van der Waals surface area (Å²) >= 11 is 0. The molecule has 0 spiro atoms. The maximum atomic E-state index is 14.2. The molecule has 4 rings (SSSR count). The predicted octanol–water partition coefficient (Wildman–Crippen LogP) is 4.44. The fourth-order valence-corrected chi connectivity index (χ4v) is 5.02. The van der Waals surface area contributed by atoms with Crippen LogP contribution in [0.2, 0.25) is 0 Å². The third-order valence-electron chi connectivity index (χ3n) is 5.67. The summed E-state index contributed by atoms with van der Waals surface area (Å²) in [6, 6.07) is 25.2. The van der Waals surface area contributed by atoms with Gasteiger partial charge in [0.2, 0.25) is 10.0 Å². The molecule has 2 N–H and O–H groups in total. The van der Waals surface area contributed by atoms with Crippen LogP contribution in [-0.4, -0.2) is 32.4 Å². The van der Waals surface area contributed by atoms with Crippen molar-refractivity contribution in [1.29, 1.82) is 0 Å². The first kappa shape index (κ1) is 26.0. The van der Waals surface area contributed by atoms with Crippen LogP contribution in [0.15, 0.2) is 102 Å². The van der Waals surface area contributed by atoms with Crippen molar-refractivity contribution < 1.29 is 27.1 Å². The van der Waals surface area contributed by atoms with E-state index in [0.29, 0.717) is 11.3 Å². The van der Waals surface area contributed by atoms with Gasteiger partial charge in [-0.3, -0.25) is 9.59 Å². The Labute approximate surface area is 214 Å². The Morgan fingerprint density at radius 3 is 2.24 bits per heavy atom. The quantitative estimate of drug-likeness (QED) is 0.318. The Hall–Kier alpha value is -4.08. The van der Waals surface area contributed by atoms with Crippen molar-refractivity contribution in [3.63, 3.8) is 0 Å². The molecule has 0 aliphatic heterocycles. The van der Waals surface area contributed by atoms with Gasteiger partial charge >= 0.3 is 5.97 Å². The summed E-state index contributed by atoms with van der Waals surface area (Å²) in [5.74, 6) is -2.51. The largest absolute Gasteiger partial charge is 0.451 e. The first-order chi connectivity index (χ1) is 17.7. The fraction of sp³-hybridized carbons (Fsp3) is 0.143. The van der Waals surface area contributed by atoms with Crippen molar-refractivity contribution in [1.82, 2.24) is 4.72 Å². The van der Waals surface area contributed by atoms with Crippen molar-refractivity contribution in [2.75, 3.05) is 5.32 Å². The number of carbonyl (C=O) groups excluding carboxylic acids is 2. The number of fused-ring (bicyclic) bond motifs is 1. The van der Waals surface area contributed by atoms with Crippen molar-refractivity contribution in [2.45, 2.75) is 30.4 Å². The van der Waals surface area contributed by atoms with Gasteiger partial charge in [-0.05, 0) is 53.9 Å². The van der Waals surface area contributed by atoms with Gasteiger partial charge in [0.25, 0.3) is 5.91 Å². The number of hydrogen-bond donors (Lipinski definition) is 2. The molecule has 4 aromatic rings. The van der Waals surface area contributed by atoms with E-state index in [-0.39, 0.29) is 6.42 Å². The Bertz CT molecular complexity index is 1530. The summed E-state index contributed by atoms with van der Waals surface area (Å²) in [6.45, 7) is 1.39. The molecule has 0 saturated heterocycles. The predicted molar refractivity (Wildman–Crippen MR) is 139 cm³/mol. The molecule has 0 aromatic heterocycles. The molecule has 0 saturated carbocycles. The van der Waals surface area contributed by atoms with Crippen LogP contribution >= 0.6 is 0 Å². The fourth-order valence-electron chi connectivity index (χ4n) is 3.76. The van der Waals surface area contributed by atoms with Gasteiger partial charge in [0.05, 0.1) is 0 Å². The van der Waals surface area contributed by atoms with Gasteiger partial charge in [0.15, 0.2) is 6.10 Å². The van der Waals surface area contributed by atoms with Crippen molar-refractivity contribution >= 4 is 38.4 Å². The van der Waals surface area contributed by atoms with Crippen LogP contribution < -0.4 is 10.0 Å². The number of halogens is 1. The lowest BCUT2D eigenvalue weighted by Crippen LogP contribution is -2.45. The molecular formula is C28H25FN2O5S. The van der Waals surface area contributed by atoms with E-state index in [0.717, 1.165) is 22.9 Å². The summed E-state index contributed by atoms with van der Waals surface area (Å²) in [4.78, 5) is 25.2. The molecule has 190 valence electrons. The Morgan fingerprint density at radius 1 is 0.865 bits per heavy atom. The second-order valence-electron chi connectivity index (χ2n) is 8.42. The average molecular weight is 521 g/mol. The lowest BCUT2D eigenvalue weighted by molar-refractivity contribution is -0.154. The number of sulfonamides is 1. The zero-order valence-electron chi connectivity index (χ0n) is 19.9. The highest BCUT2D eigenvalue weighted by Crippen LogP contribution is 2.20. The molecule has 1 amide bonds. The lowest BCUT2D eigenvalue weighted by Gasteiger charge is -2.21. The maximum absolute atomic E-state index is 14.2. The van der Waals surface area contributed by atoms with Crippen molar-refractivity contribution in [3.8, 4) is 0 Å². The highest BCUT2D eigenvalue weighted by molar-refractivity contribution is 7.89. The van der Waals surface area contributed by atoms with Crippen LogP contribution in [0.3, 0.4) is 0 Å². The van der Waals surface area contributed by atoms with E-state index in [1.807, 2.05) is 30.3 Å². The summed E-state index contributed by atoms with van der Waals surface area (Å²) in [6.07, 6.45) is -1.29. The van der Waals surface area contributed by atoms with Crippen LogP contribution in [0.5, 0.6) is 0 Å². The molecule has 0 heterocycles. The van der Waals surface area contributed by atoms with E-state index in [4.69, 9.17) is 4.74 Å². The van der Waals surface area contributed by atoms with Crippen LogP contribution in [0.4, 0.5) is 10.1 Å². The molecule has 4 aromatic carbocycles. The molecule has 2 atom stereocenters. The van der Waals surface area contributed by atoms with Gasteiger partial charge < -0.3 is 10.1 Å². The number of rotatable bonds is 9. The lowest BCUT2D eigenvalue weighted by atomic mass is 10.1. The Balaban J connectivity index is 1.49. The summed E-state index contributed by atoms with van der Waals surface area (Å²) in [7, 11) is -4.41. The summed E-state index contributed by atoms with van der Waals surface area (Å²) in [5, 5.41) is 4.64. The average Bonchev–Trinajstić information content (AvgIpc) is 2.88. The first-order valence-corrected chi connectivity index (χ1v) is 13.0. The molecule has 37 heavy (non-hydrogen) atoms. The van der Waals surface area contributed by atoms with Gasteiger partial charge in [0.1, 0.15) is 16.8 Å². The van der Waals surface area contributed by atoms with E-state index >= 15 is 0 Å². The van der Waals surface area contributed by atoms with Crippen molar-refractivity contribution in [2.24, 2.45) is 0 Å². The number of carbonyl (C=O) groups is 2. The number of benzene rings is 4. The van der Waals surface area contributed by atoms with E-state index in [1.54, 1.807) is 42.5 Å². The molecule has 0 radical (unpaired) electrons. The minimum atomic E-state index is -4.41. The van der Waals surface area contributed by atoms with E-state index in [2.05, 4.69) is 10.0 Å². The van der Waals surface area contributed by atoms with Gasteiger partial charge in [-0.15, -0.1) is 0 Å². The highest BCUT2D eigenvalue weighted by atomic mass is 32.2. The Kier molecular flexibility index (Phi) is 7.95. The van der Waals surface area contributed by atoms with Crippen LogP contribution in [-0.2, 0) is 30.8 Å². The number of ether oxygens (including phenoxy) is 1. The number of hydrogen-bond acceptors (Lipinski definition) is 5. The minimum absolute atomic E-state index is 0.0631. The normalized spacial score (nSPS) is 13.0. The summed E-state index contributed by atoms with van der Waals surface area (Å²) < 4.78 is 47.6. The first-order valence-electron chi connectivity index (χ1n) is 11.5. The number of esters is 1. The zero-order valence-corrected chi connectivity index (χ0v) is 20.7. The number of amides is 1. The molecular weight excluding hydrogens is 495 g/mol. The third-order valence-corrected chi connectivity index (χ3v) is 7.17. The maximum Gasteiger partial charge on any atom is 0.325 e. The van der Waals surface area contributed by atoms with Crippen LogP contribution in [0, 0.1) is 5.82 Å². The number of nitrogens with one attached hydrogen (secondary N) is 2. The molecule has 9 heteroatoms. The molecule has 0 aliphatic rings. The molecule has 0 fully saturated rings. The van der Waals surface area contributed by atoms with E-state index in [9.17, 15) is 22.4 Å². The second kappa shape index (κ2) is 11.3. The highest BCUT2D eigenvalue weighted by Gasteiger charge is 2.31. The topological polar surface area (TPSA) is 102 Å². The molecule has 0 aliphatic carbocycles. The van der Waals surface area contributed by atoms with Gasteiger partial charge in [0, 0.05) is 5.69 Å². The SMILES string of the molecule is C[C@H](OC(=O)[C@@H](Cc1ccccc1)NS(=O)(=O)c1ccccc1F)C(=O)Nc1ccc2ccccc2c1. The van der Waals surface area contributed by atoms with Crippen molar-refractivity contribution in [3.05, 3.63) is 108 Å². The monoisotopic (exact) mass is 520 g/mol.